The quantitative estimate of drug-likeness (QED) is 0.223. The van der Waals surface area contributed by atoms with Crippen molar-refractivity contribution in [3.63, 3.8) is 0 Å². The molecule has 0 aliphatic heterocycles. The zero-order valence-corrected chi connectivity index (χ0v) is 24.9. The van der Waals surface area contributed by atoms with Crippen LogP contribution in [0, 0.1) is 0 Å². The summed E-state index contributed by atoms with van der Waals surface area (Å²) < 4.78 is 2.11. The van der Waals surface area contributed by atoms with Crippen LogP contribution in [0.15, 0.2) is 134 Å². The number of nitrogens with zero attached hydrogens (tertiary/aromatic N) is 4. The Hall–Kier alpha value is -5.55. The first-order valence-corrected chi connectivity index (χ1v) is 14.8. The lowest BCUT2D eigenvalue weighted by Gasteiger charge is -2.19. The molecule has 44 heavy (non-hydrogen) atoms. The Kier molecular flexibility index (Phi) is 6.78. The minimum Gasteiger partial charge on any atom is -0.493 e. The zero-order valence-electron chi connectivity index (χ0n) is 24.9. The second-order valence-electron chi connectivity index (χ2n) is 12.0. The number of aromatic nitrogens is 4. The highest BCUT2D eigenvalue weighted by atomic mass is 16.3. The van der Waals surface area contributed by atoms with E-state index >= 15 is 0 Å². The number of rotatable bonds is 5. The molecular formula is C39H32N4O. The molecule has 0 atom stereocenters. The van der Waals surface area contributed by atoms with Gasteiger partial charge in [-0.05, 0) is 82.3 Å². The van der Waals surface area contributed by atoms with Crippen molar-refractivity contribution in [3.8, 4) is 56.5 Å². The smallest absolute Gasteiger partial charge is 0.222 e. The number of fused-ring (bicyclic) bond motifs is 1. The lowest BCUT2D eigenvalue weighted by atomic mass is 9.87. The molecule has 3 heterocycles. The summed E-state index contributed by atoms with van der Waals surface area (Å²) in [5.41, 5.74) is 10.4. The number of benzene rings is 4. The van der Waals surface area contributed by atoms with Gasteiger partial charge in [-0.25, -0.2) is 9.97 Å². The molecule has 5 nitrogen and oxygen atoms in total. The Bertz CT molecular complexity index is 2040. The highest BCUT2D eigenvalue weighted by Gasteiger charge is 2.23. The van der Waals surface area contributed by atoms with Crippen molar-refractivity contribution in [1.29, 1.82) is 0 Å². The summed E-state index contributed by atoms with van der Waals surface area (Å²) in [7, 11) is 0. The van der Waals surface area contributed by atoms with Gasteiger partial charge < -0.3 is 5.11 Å². The number of hydrogen-bond donors (Lipinski definition) is 1. The molecule has 214 valence electrons. The van der Waals surface area contributed by atoms with Gasteiger partial charge in [-0.15, -0.1) is 0 Å². The van der Waals surface area contributed by atoms with Crippen LogP contribution < -0.4 is 0 Å². The Morgan fingerprint density at radius 2 is 1.32 bits per heavy atom. The van der Waals surface area contributed by atoms with Crippen LogP contribution in [0.2, 0.25) is 0 Å². The van der Waals surface area contributed by atoms with Crippen LogP contribution in [0.3, 0.4) is 0 Å². The average molecular weight is 573 g/mol. The van der Waals surface area contributed by atoms with E-state index in [-0.39, 0.29) is 11.3 Å². The third-order valence-electron chi connectivity index (χ3n) is 7.98. The fourth-order valence-electron chi connectivity index (χ4n) is 5.65. The second-order valence-corrected chi connectivity index (χ2v) is 12.0. The van der Waals surface area contributed by atoms with E-state index in [2.05, 4.69) is 108 Å². The molecule has 0 fully saturated rings. The molecule has 0 spiro atoms. The second kappa shape index (κ2) is 10.9. The van der Waals surface area contributed by atoms with Gasteiger partial charge in [0.2, 0.25) is 5.88 Å². The lowest BCUT2D eigenvalue weighted by Crippen LogP contribution is -2.12. The predicted molar refractivity (Wildman–Crippen MR) is 179 cm³/mol. The highest BCUT2D eigenvalue weighted by Crippen LogP contribution is 2.40. The lowest BCUT2D eigenvalue weighted by molar-refractivity contribution is 0.453. The van der Waals surface area contributed by atoms with Crippen LogP contribution in [0.4, 0.5) is 0 Å². The van der Waals surface area contributed by atoms with E-state index in [0.717, 1.165) is 55.8 Å². The Morgan fingerprint density at radius 3 is 2.05 bits per heavy atom. The molecule has 7 rings (SSSR count). The van der Waals surface area contributed by atoms with Gasteiger partial charge in [0.15, 0.2) is 5.82 Å². The van der Waals surface area contributed by atoms with Gasteiger partial charge in [0.05, 0.1) is 22.3 Å². The van der Waals surface area contributed by atoms with Gasteiger partial charge in [-0.2, -0.15) is 0 Å². The molecule has 0 aliphatic rings. The maximum absolute atomic E-state index is 11.1. The summed E-state index contributed by atoms with van der Waals surface area (Å²) in [6.45, 7) is 6.42. The normalized spacial score (nSPS) is 11.6. The van der Waals surface area contributed by atoms with Crippen LogP contribution in [-0.2, 0) is 5.41 Å². The fraction of sp³-hybridized carbons (Fsp3) is 0.103. The Balaban J connectivity index is 1.52. The third-order valence-corrected chi connectivity index (χ3v) is 7.98. The van der Waals surface area contributed by atoms with Crippen molar-refractivity contribution in [2.24, 2.45) is 0 Å². The number of aromatic hydroxyl groups is 1. The van der Waals surface area contributed by atoms with Gasteiger partial charge in [0.25, 0.3) is 0 Å². The largest absolute Gasteiger partial charge is 0.493 e. The third kappa shape index (κ3) is 5.03. The van der Waals surface area contributed by atoms with Crippen LogP contribution in [0.25, 0.3) is 61.6 Å². The van der Waals surface area contributed by atoms with Gasteiger partial charge in [-0.3, -0.25) is 9.55 Å². The molecule has 0 aliphatic carbocycles. The summed E-state index contributed by atoms with van der Waals surface area (Å²) >= 11 is 0. The van der Waals surface area contributed by atoms with Crippen molar-refractivity contribution in [2.45, 2.75) is 26.2 Å². The molecule has 7 aromatic rings. The van der Waals surface area contributed by atoms with E-state index in [9.17, 15) is 5.11 Å². The summed E-state index contributed by atoms with van der Waals surface area (Å²) in [4.78, 5) is 14.3. The van der Waals surface area contributed by atoms with Crippen LogP contribution in [0.5, 0.6) is 5.88 Å². The van der Waals surface area contributed by atoms with E-state index in [1.807, 2.05) is 54.7 Å². The van der Waals surface area contributed by atoms with Crippen LogP contribution in [-0.4, -0.2) is 24.6 Å². The standard InChI is InChI=1S/C39H32N4O/c1-39(2,3)30-24-33(38(44)41-25-30)37-42-36-32(17-12-19-35(36)43(37)31-15-8-5-9-16-31)28-21-27(26-13-6-4-7-14-26)22-29(23-28)34-18-10-11-20-40-34/h4-25H,1-3H3,(H,41,44). The molecule has 1 N–H and O–H groups in total. The summed E-state index contributed by atoms with van der Waals surface area (Å²) in [5.74, 6) is 0.592. The SMILES string of the molecule is CC(C)(C)c1cnc(O)c(-c2nc3c(-c4cc(-c5ccccc5)cc(-c5ccccn5)c4)cccc3n2-c2ccccc2)c1. The number of hydrogen-bond acceptors (Lipinski definition) is 4. The predicted octanol–water partition coefficient (Wildman–Crippen LogP) is 9.49. The summed E-state index contributed by atoms with van der Waals surface area (Å²) in [6, 6.07) is 41.4. The van der Waals surface area contributed by atoms with Gasteiger partial charge in [-0.1, -0.05) is 87.5 Å². The zero-order chi connectivity index (χ0) is 30.3. The Labute approximate surface area is 257 Å². The molecule has 4 aromatic carbocycles. The molecule has 0 amide bonds. The maximum atomic E-state index is 11.1. The first-order chi connectivity index (χ1) is 21.4. The van der Waals surface area contributed by atoms with Crippen molar-refractivity contribution in [3.05, 3.63) is 139 Å². The van der Waals surface area contributed by atoms with Crippen molar-refractivity contribution < 1.29 is 5.11 Å². The van der Waals surface area contributed by atoms with Crippen molar-refractivity contribution in [2.75, 3.05) is 0 Å². The molecule has 0 saturated heterocycles. The van der Waals surface area contributed by atoms with E-state index in [1.54, 1.807) is 6.20 Å². The first-order valence-electron chi connectivity index (χ1n) is 14.8. The fourth-order valence-corrected chi connectivity index (χ4v) is 5.65. The number of para-hydroxylation sites is 2. The molecular weight excluding hydrogens is 540 g/mol. The van der Waals surface area contributed by atoms with E-state index in [0.29, 0.717) is 11.4 Å². The number of pyridine rings is 2. The minimum absolute atomic E-state index is 0.0458. The molecule has 0 radical (unpaired) electrons. The average Bonchev–Trinajstić information content (AvgIpc) is 3.45. The van der Waals surface area contributed by atoms with Gasteiger partial charge >= 0.3 is 0 Å². The van der Waals surface area contributed by atoms with Crippen LogP contribution in [0.1, 0.15) is 26.3 Å². The molecule has 3 aromatic heterocycles. The maximum Gasteiger partial charge on any atom is 0.222 e. The molecule has 0 unspecified atom stereocenters. The monoisotopic (exact) mass is 572 g/mol. The van der Waals surface area contributed by atoms with Crippen molar-refractivity contribution >= 4 is 11.0 Å². The Morgan fingerprint density at radius 1 is 0.614 bits per heavy atom. The first kappa shape index (κ1) is 27.3. The van der Waals surface area contributed by atoms with Crippen molar-refractivity contribution in [1.82, 2.24) is 19.5 Å². The molecule has 0 bridgehead atoms. The van der Waals surface area contributed by atoms with E-state index < -0.39 is 0 Å². The number of imidazole rings is 1. The van der Waals surface area contributed by atoms with Crippen LogP contribution >= 0.6 is 0 Å². The summed E-state index contributed by atoms with van der Waals surface area (Å²) in [6.07, 6.45) is 3.57. The summed E-state index contributed by atoms with van der Waals surface area (Å²) in [5, 5.41) is 11.1. The molecule has 5 heteroatoms. The minimum atomic E-state index is -0.149. The van der Waals surface area contributed by atoms with Gasteiger partial charge in [0, 0.05) is 29.2 Å². The van der Waals surface area contributed by atoms with Gasteiger partial charge in [0.1, 0.15) is 0 Å². The highest BCUT2D eigenvalue weighted by molar-refractivity contribution is 5.97. The molecule has 0 saturated carbocycles. The van der Waals surface area contributed by atoms with E-state index in [1.165, 1.54) is 0 Å². The van der Waals surface area contributed by atoms with E-state index in [4.69, 9.17) is 4.98 Å². The topological polar surface area (TPSA) is 63.8 Å².